The van der Waals surface area contributed by atoms with Gasteiger partial charge in [-0.2, -0.15) is 4.99 Å². The van der Waals surface area contributed by atoms with Crippen LogP contribution >= 0.6 is 0 Å². The van der Waals surface area contributed by atoms with E-state index in [2.05, 4.69) is 4.99 Å². The van der Waals surface area contributed by atoms with Crippen LogP contribution in [0.5, 0.6) is 11.5 Å². The lowest BCUT2D eigenvalue weighted by Crippen LogP contribution is -2.11. The molecule has 0 fully saturated rings. The molecular formula is C11H12FNO3. The smallest absolute Gasteiger partial charge is 0.238 e. The van der Waals surface area contributed by atoms with Gasteiger partial charge in [0.2, 0.25) is 11.9 Å². The molecule has 0 radical (unpaired) electrons. The van der Waals surface area contributed by atoms with Crippen molar-refractivity contribution in [2.75, 3.05) is 14.2 Å². The molecule has 86 valence electrons. The van der Waals surface area contributed by atoms with Crippen LogP contribution in [-0.4, -0.2) is 20.3 Å². The van der Waals surface area contributed by atoms with E-state index in [9.17, 15) is 9.18 Å². The molecule has 0 spiro atoms. The molecule has 0 N–H and O–H groups in total. The Balaban J connectivity index is 3.22. The number of benzene rings is 1. The van der Waals surface area contributed by atoms with Gasteiger partial charge >= 0.3 is 0 Å². The van der Waals surface area contributed by atoms with E-state index in [1.165, 1.54) is 39.4 Å². The molecule has 1 rings (SSSR count). The normalized spacial score (nSPS) is 13.5. The Morgan fingerprint density at radius 3 is 2.44 bits per heavy atom. The molecule has 0 heterocycles. The number of hydrogen-bond donors (Lipinski definition) is 0. The van der Waals surface area contributed by atoms with Gasteiger partial charge in [0, 0.05) is 5.56 Å². The number of halogens is 1. The van der Waals surface area contributed by atoms with Gasteiger partial charge in [-0.3, -0.25) is 0 Å². The summed E-state index contributed by atoms with van der Waals surface area (Å²) >= 11 is 0. The van der Waals surface area contributed by atoms with Crippen LogP contribution in [0.4, 0.5) is 4.39 Å². The van der Waals surface area contributed by atoms with Gasteiger partial charge in [0.25, 0.3) is 0 Å². The largest absolute Gasteiger partial charge is 0.493 e. The van der Waals surface area contributed by atoms with Crippen LogP contribution < -0.4 is 9.47 Å². The number of alkyl halides is 1. The third kappa shape index (κ3) is 2.38. The summed E-state index contributed by atoms with van der Waals surface area (Å²) in [6, 6.07) is 4.45. The molecule has 1 atom stereocenters. The molecule has 16 heavy (non-hydrogen) atoms. The van der Waals surface area contributed by atoms with Crippen LogP contribution in [-0.2, 0) is 10.6 Å². The van der Waals surface area contributed by atoms with Gasteiger partial charge in [-0.1, -0.05) is 0 Å². The third-order valence-corrected chi connectivity index (χ3v) is 2.17. The maximum atomic E-state index is 13.8. The molecule has 0 aliphatic carbocycles. The number of ether oxygens (including phenoxy) is 2. The molecule has 0 saturated carbocycles. The van der Waals surface area contributed by atoms with Crippen molar-refractivity contribution in [1.29, 1.82) is 0 Å². The highest BCUT2D eigenvalue weighted by Crippen LogP contribution is 2.34. The highest BCUT2D eigenvalue weighted by molar-refractivity contribution is 5.45. The van der Waals surface area contributed by atoms with E-state index in [0.29, 0.717) is 11.5 Å². The van der Waals surface area contributed by atoms with E-state index in [-0.39, 0.29) is 5.56 Å². The Bertz CT molecular complexity index is 425. The van der Waals surface area contributed by atoms with Gasteiger partial charge in [0.1, 0.15) is 0 Å². The molecule has 0 aliphatic rings. The van der Waals surface area contributed by atoms with E-state index in [0.717, 1.165) is 0 Å². The Hall–Kier alpha value is -1.87. The minimum absolute atomic E-state index is 0.202. The van der Waals surface area contributed by atoms with Crippen LogP contribution in [0.15, 0.2) is 23.2 Å². The minimum Gasteiger partial charge on any atom is -0.493 e. The molecule has 0 amide bonds. The fourth-order valence-electron chi connectivity index (χ4n) is 1.27. The molecule has 1 unspecified atom stereocenters. The van der Waals surface area contributed by atoms with Gasteiger partial charge in [0.05, 0.1) is 14.2 Å². The topological polar surface area (TPSA) is 47.9 Å². The maximum Gasteiger partial charge on any atom is 0.238 e. The Morgan fingerprint density at radius 2 is 1.94 bits per heavy atom. The molecule has 1 aromatic rings. The van der Waals surface area contributed by atoms with E-state index in [1.807, 2.05) is 0 Å². The van der Waals surface area contributed by atoms with Crippen molar-refractivity contribution in [2.24, 2.45) is 4.99 Å². The number of aliphatic imine (C=N–C) groups is 1. The van der Waals surface area contributed by atoms with Crippen molar-refractivity contribution in [3.8, 4) is 11.5 Å². The second kappa shape index (κ2) is 4.77. The third-order valence-electron chi connectivity index (χ3n) is 2.17. The first-order valence-corrected chi connectivity index (χ1v) is 4.55. The Morgan fingerprint density at radius 1 is 1.31 bits per heavy atom. The number of nitrogens with zero attached hydrogens (tertiary/aromatic N) is 1. The molecular weight excluding hydrogens is 213 g/mol. The summed E-state index contributed by atoms with van der Waals surface area (Å²) in [5, 5.41) is 0. The van der Waals surface area contributed by atoms with E-state index >= 15 is 0 Å². The predicted octanol–water partition coefficient (Wildman–Crippen LogP) is 2.18. The molecule has 4 nitrogen and oxygen atoms in total. The van der Waals surface area contributed by atoms with E-state index < -0.39 is 5.79 Å². The number of carbonyl (C=O) groups excluding carboxylic acids is 1. The molecule has 5 heteroatoms. The lowest BCUT2D eigenvalue weighted by Gasteiger charge is -2.15. The summed E-state index contributed by atoms with van der Waals surface area (Å²) in [7, 11) is 2.93. The van der Waals surface area contributed by atoms with E-state index in [1.54, 1.807) is 6.07 Å². The molecule has 0 aliphatic heterocycles. The predicted molar refractivity (Wildman–Crippen MR) is 56.1 cm³/mol. The van der Waals surface area contributed by atoms with Crippen molar-refractivity contribution in [3.05, 3.63) is 23.8 Å². The zero-order valence-corrected chi connectivity index (χ0v) is 9.28. The van der Waals surface area contributed by atoms with Crippen LogP contribution in [0, 0.1) is 0 Å². The first-order chi connectivity index (χ1) is 7.55. The van der Waals surface area contributed by atoms with Crippen LogP contribution in [0.1, 0.15) is 12.5 Å². The van der Waals surface area contributed by atoms with Crippen LogP contribution in [0.3, 0.4) is 0 Å². The minimum atomic E-state index is -2.11. The van der Waals surface area contributed by atoms with Gasteiger partial charge in [-0.15, -0.1) is 0 Å². The molecule has 0 aromatic heterocycles. The van der Waals surface area contributed by atoms with Crippen molar-refractivity contribution in [3.63, 3.8) is 0 Å². The van der Waals surface area contributed by atoms with E-state index in [4.69, 9.17) is 9.47 Å². The Labute approximate surface area is 92.7 Å². The van der Waals surface area contributed by atoms with Gasteiger partial charge in [0.15, 0.2) is 11.5 Å². The zero-order chi connectivity index (χ0) is 12.2. The first kappa shape index (κ1) is 12.2. The average Bonchev–Trinajstić information content (AvgIpc) is 2.28. The van der Waals surface area contributed by atoms with Gasteiger partial charge < -0.3 is 9.47 Å². The van der Waals surface area contributed by atoms with Gasteiger partial charge in [-0.25, -0.2) is 9.18 Å². The first-order valence-electron chi connectivity index (χ1n) is 4.55. The van der Waals surface area contributed by atoms with Crippen molar-refractivity contribution in [2.45, 2.75) is 12.7 Å². The molecule has 0 saturated heterocycles. The SMILES string of the molecule is COc1ccc(C(C)(F)N=C=O)cc1OC. The second-order valence-electron chi connectivity index (χ2n) is 3.23. The number of rotatable bonds is 4. The summed E-state index contributed by atoms with van der Waals surface area (Å²) in [5.41, 5.74) is 0.202. The number of isocyanates is 1. The Kier molecular flexibility index (Phi) is 3.64. The monoisotopic (exact) mass is 225 g/mol. The highest BCUT2D eigenvalue weighted by Gasteiger charge is 2.26. The summed E-state index contributed by atoms with van der Waals surface area (Å²) < 4.78 is 23.9. The van der Waals surface area contributed by atoms with Crippen LogP contribution in [0.2, 0.25) is 0 Å². The van der Waals surface area contributed by atoms with Crippen molar-refractivity contribution < 1.29 is 18.7 Å². The standard InChI is InChI=1S/C11H12FNO3/c1-11(12,13-7-14)8-4-5-9(15-2)10(6-8)16-3/h4-6H,1-3H3. The lowest BCUT2D eigenvalue weighted by molar-refractivity contribution is 0.205. The van der Waals surface area contributed by atoms with Crippen LogP contribution in [0.25, 0.3) is 0 Å². The lowest BCUT2D eigenvalue weighted by atomic mass is 10.1. The highest BCUT2D eigenvalue weighted by atomic mass is 19.1. The summed E-state index contributed by atoms with van der Waals surface area (Å²) in [5.74, 6) is -1.25. The fourth-order valence-corrected chi connectivity index (χ4v) is 1.27. The van der Waals surface area contributed by atoms with Crippen molar-refractivity contribution in [1.82, 2.24) is 0 Å². The quantitative estimate of drug-likeness (QED) is 0.448. The van der Waals surface area contributed by atoms with Crippen molar-refractivity contribution >= 4 is 6.08 Å². The summed E-state index contributed by atoms with van der Waals surface area (Å²) in [6.07, 6.45) is 1.20. The fraction of sp³-hybridized carbons (Fsp3) is 0.364. The number of hydrogen-bond acceptors (Lipinski definition) is 4. The zero-order valence-electron chi connectivity index (χ0n) is 9.28. The second-order valence-corrected chi connectivity index (χ2v) is 3.23. The number of methoxy groups -OCH3 is 2. The summed E-state index contributed by atoms with van der Waals surface area (Å²) in [6.45, 7) is 1.17. The molecule has 1 aromatic carbocycles. The average molecular weight is 225 g/mol. The maximum absolute atomic E-state index is 13.8. The molecule has 0 bridgehead atoms. The van der Waals surface area contributed by atoms with Gasteiger partial charge in [-0.05, 0) is 25.1 Å². The summed E-state index contributed by atoms with van der Waals surface area (Å²) in [4.78, 5) is 13.2.